The number of hydrogen-bond acceptors (Lipinski definition) is 6. The van der Waals surface area contributed by atoms with Crippen LogP contribution in [0.1, 0.15) is 37.0 Å². The summed E-state index contributed by atoms with van der Waals surface area (Å²) in [5, 5.41) is 1.50. The van der Waals surface area contributed by atoms with Crippen LogP contribution in [-0.2, 0) is 19.5 Å². The summed E-state index contributed by atoms with van der Waals surface area (Å²) in [5.74, 6) is 0.530. The highest BCUT2D eigenvalue weighted by atomic mass is 32.2. The number of benzene rings is 1. The van der Waals surface area contributed by atoms with Crippen LogP contribution in [0.5, 0.6) is 0 Å². The number of aromatic nitrogens is 5. The van der Waals surface area contributed by atoms with Crippen molar-refractivity contribution in [3.05, 3.63) is 62.7 Å². The van der Waals surface area contributed by atoms with Gasteiger partial charge in [-0.3, -0.25) is 18.7 Å². The first-order valence-electron chi connectivity index (χ1n) is 9.80. The van der Waals surface area contributed by atoms with E-state index in [2.05, 4.69) is 15.0 Å². The van der Waals surface area contributed by atoms with Gasteiger partial charge in [-0.05, 0) is 6.07 Å². The van der Waals surface area contributed by atoms with Gasteiger partial charge >= 0.3 is 5.69 Å². The third-order valence-corrected chi connectivity index (χ3v) is 6.14. The third kappa shape index (κ3) is 3.59. The summed E-state index contributed by atoms with van der Waals surface area (Å²) >= 11 is 1.19. The first-order chi connectivity index (χ1) is 14.6. The summed E-state index contributed by atoms with van der Waals surface area (Å²) < 4.78 is 2.38. The van der Waals surface area contributed by atoms with Crippen molar-refractivity contribution in [2.45, 2.75) is 31.2 Å². The fraction of sp³-hybridized carbons (Fsp3) is 0.318. The van der Waals surface area contributed by atoms with Crippen LogP contribution in [0.25, 0.3) is 21.9 Å². The van der Waals surface area contributed by atoms with Crippen LogP contribution >= 0.6 is 11.8 Å². The number of fused-ring (bicyclic) bond motifs is 2. The molecule has 0 amide bonds. The first kappa shape index (κ1) is 21.0. The maximum Gasteiger partial charge on any atom is 0.332 e. The third-order valence-electron chi connectivity index (χ3n) is 5.17. The Morgan fingerprint density at radius 1 is 1.10 bits per heavy atom. The highest BCUT2D eigenvalue weighted by Crippen LogP contribution is 2.28. The number of thioether (sulfide) groups is 1. The lowest BCUT2D eigenvalue weighted by Gasteiger charge is -2.19. The largest absolute Gasteiger partial charge is 0.360 e. The van der Waals surface area contributed by atoms with Crippen LogP contribution in [0.3, 0.4) is 0 Å². The Morgan fingerprint density at radius 2 is 1.81 bits per heavy atom. The van der Waals surface area contributed by atoms with Gasteiger partial charge in [-0.1, -0.05) is 50.7 Å². The Labute approximate surface area is 182 Å². The smallest absolute Gasteiger partial charge is 0.332 e. The number of H-pyrrole nitrogens is 1. The summed E-state index contributed by atoms with van der Waals surface area (Å²) in [5.41, 5.74) is 0.430. The number of aromatic amines is 1. The predicted octanol–water partition coefficient (Wildman–Crippen LogP) is 2.78. The maximum absolute atomic E-state index is 13.0. The Kier molecular flexibility index (Phi) is 5.09. The zero-order valence-corrected chi connectivity index (χ0v) is 18.8. The molecule has 0 aliphatic heterocycles. The summed E-state index contributed by atoms with van der Waals surface area (Å²) in [6.07, 6.45) is 1.70. The van der Waals surface area contributed by atoms with Gasteiger partial charge < -0.3 is 4.98 Å². The molecule has 0 aliphatic carbocycles. The molecule has 0 bridgehead atoms. The molecule has 4 rings (SSSR count). The lowest BCUT2D eigenvalue weighted by atomic mass is 9.96. The number of aryl methyl sites for hydroxylation is 1. The molecule has 9 heteroatoms. The monoisotopic (exact) mass is 437 g/mol. The average Bonchev–Trinajstić information content (AvgIpc) is 3.17. The van der Waals surface area contributed by atoms with Crippen molar-refractivity contribution in [1.29, 1.82) is 0 Å². The summed E-state index contributed by atoms with van der Waals surface area (Å²) in [6, 6.07) is 7.60. The van der Waals surface area contributed by atoms with E-state index in [1.165, 1.54) is 23.4 Å². The number of ketones is 1. The number of Topliss-reactive ketones (excluding diaryl/α,β-unsaturated/α-hetero) is 1. The molecular formula is C22H23N5O3S. The maximum atomic E-state index is 13.0. The SMILES string of the molecule is Cn1c(=O)c2c(SCC(=O)c3c[nH]c4ccccc34)nc(C(C)(C)C)nc2n(C)c1=O. The summed E-state index contributed by atoms with van der Waals surface area (Å²) in [7, 11) is 3.00. The quantitative estimate of drug-likeness (QED) is 0.299. The Morgan fingerprint density at radius 3 is 2.52 bits per heavy atom. The van der Waals surface area contributed by atoms with Gasteiger partial charge in [0.05, 0.1) is 5.75 Å². The van der Waals surface area contributed by atoms with Gasteiger partial charge in [0.15, 0.2) is 11.4 Å². The standard InChI is InChI=1S/C22H23N5O3S/c1-22(2,3)20-24-17-16(19(29)27(5)21(30)26(17)4)18(25-20)31-11-15(28)13-10-23-14-9-7-6-8-12(13)14/h6-10,23H,11H2,1-5H3. The molecule has 1 aromatic carbocycles. The van der Waals surface area contributed by atoms with Crippen LogP contribution in [0.15, 0.2) is 45.1 Å². The molecule has 0 saturated carbocycles. The first-order valence-corrected chi connectivity index (χ1v) is 10.8. The normalized spacial score (nSPS) is 12.0. The van der Waals surface area contributed by atoms with E-state index in [0.29, 0.717) is 16.4 Å². The van der Waals surface area contributed by atoms with Crippen molar-refractivity contribution < 1.29 is 4.79 Å². The number of carbonyl (C=O) groups is 1. The molecule has 8 nitrogen and oxygen atoms in total. The molecule has 0 radical (unpaired) electrons. The van der Waals surface area contributed by atoms with E-state index in [9.17, 15) is 14.4 Å². The number of para-hydroxylation sites is 1. The fourth-order valence-electron chi connectivity index (χ4n) is 3.38. The van der Waals surface area contributed by atoms with E-state index >= 15 is 0 Å². The van der Waals surface area contributed by atoms with Crippen LogP contribution in [0, 0.1) is 0 Å². The molecule has 31 heavy (non-hydrogen) atoms. The second-order valence-electron chi connectivity index (χ2n) is 8.47. The molecule has 1 N–H and O–H groups in total. The van der Waals surface area contributed by atoms with E-state index in [-0.39, 0.29) is 22.6 Å². The minimum Gasteiger partial charge on any atom is -0.360 e. The van der Waals surface area contributed by atoms with E-state index in [0.717, 1.165) is 15.5 Å². The minimum absolute atomic E-state index is 0.0758. The molecule has 0 aliphatic rings. The molecule has 160 valence electrons. The van der Waals surface area contributed by atoms with Crippen LogP contribution in [-0.4, -0.2) is 35.6 Å². The van der Waals surface area contributed by atoms with E-state index in [1.54, 1.807) is 13.2 Å². The van der Waals surface area contributed by atoms with Crippen LogP contribution in [0.4, 0.5) is 0 Å². The van der Waals surface area contributed by atoms with E-state index in [4.69, 9.17) is 0 Å². The fourth-order valence-corrected chi connectivity index (χ4v) is 4.28. The molecule has 0 unspecified atom stereocenters. The average molecular weight is 438 g/mol. The number of carbonyl (C=O) groups excluding carboxylic acids is 1. The van der Waals surface area contributed by atoms with Crippen molar-refractivity contribution in [2.24, 2.45) is 14.1 Å². The zero-order chi connectivity index (χ0) is 22.5. The van der Waals surface area contributed by atoms with Gasteiger partial charge in [0, 0.05) is 42.2 Å². The molecule has 0 saturated heterocycles. The van der Waals surface area contributed by atoms with Gasteiger partial charge in [0.25, 0.3) is 5.56 Å². The lowest BCUT2D eigenvalue weighted by molar-refractivity contribution is 0.102. The highest BCUT2D eigenvalue weighted by molar-refractivity contribution is 8.00. The number of nitrogens with one attached hydrogen (secondary N) is 1. The topological polar surface area (TPSA) is 103 Å². The van der Waals surface area contributed by atoms with Crippen molar-refractivity contribution >= 4 is 39.5 Å². The lowest BCUT2D eigenvalue weighted by Crippen LogP contribution is -2.38. The van der Waals surface area contributed by atoms with E-state index in [1.807, 2.05) is 45.0 Å². The van der Waals surface area contributed by atoms with Crippen LogP contribution < -0.4 is 11.2 Å². The Bertz CT molecular complexity index is 1460. The van der Waals surface area contributed by atoms with Crippen molar-refractivity contribution in [1.82, 2.24) is 24.1 Å². The number of nitrogens with zero attached hydrogens (tertiary/aromatic N) is 4. The van der Waals surface area contributed by atoms with Gasteiger partial charge in [0.1, 0.15) is 16.2 Å². The Balaban J connectivity index is 1.81. The number of rotatable bonds is 4. The van der Waals surface area contributed by atoms with Gasteiger partial charge in [0.2, 0.25) is 0 Å². The van der Waals surface area contributed by atoms with Gasteiger partial charge in [-0.15, -0.1) is 0 Å². The molecule has 0 atom stereocenters. The van der Waals surface area contributed by atoms with Crippen molar-refractivity contribution in [2.75, 3.05) is 5.75 Å². The minimum atomic E-state index is -0.472. The highest BCUT2D eigenvalue weighted by Gasteiger charge is 2.24. The number of hydrogen-bond donors (Lipinski definition) is 1. The molecule has 0 fully saturated rings. The molecule has 3 aromatic heterocycles. The molecule has 0 spiro atoms. The zero-order valence-electron chi connectivity index (χ0n) is 18.0. The van der Waals surface area contributed by atoms with Gasteiger partial charge in [-0.2, -0.15) is 0 Å². The van der Waals surface area contributed by atoms with Crippen LogP contribution in [0.2, 0.25) is 0 Å². The van der Waals surface area contributed by atoms with E-state index < -0.39 is 16.7 Å². The molecule has 3 heterocycles. The Hall–Kier alpha value is -3.20. The summed E-state index contributed by atoms with van der Waals surface area (Å²) in [4.78, 5) is 50.5. The second-order valence-corrected chi connectivity index (χ2v) is 9.43. The van der Waals surface area contributed by atoms with Crippen molar-refractivity contribution in [3.63, 3.8) is 0 Å². The second kappa shape index (κ2) is 7.49. The molecule has 4 aromatic rings. The predicted molar refractivity (Wildman–Crippen MR) is 122 cm³/mol. The van der Waals surface area contributed by atoms with Gasteiger partial charge in [-0.25, -0.2) is 14.8 Å². The summed E-state index contributed by atoms with van der Waals surface area (Å²) in [6.45, 7) is 5.87. The molecular weight excluding hydrogens is 414 g/mol. The van der Waals surface area contributed by atoms with Crippen molar-refractivity contribution in [3.8, 4) is 0 Å².